The van der Waals surface area contributed by atoms with Crippen LogP contribution >= 0.6 is 0 Å². The zero-order valence-corrected chi connectivity index (χ0v) is 24.6. The van der Waals surface area contributed by atoms with Gasteiger partial charge in [0.25, 0.3) is 5.91 Å². The molecule has 44 heavy (non-hydrogen) atoms. The highest BCUT2D eigenvalue weighted by Crippen LogP contribution is 2.54. The van der Waals surface area contributed by atoms with Crippen molar-refractivity contribution in [2.45, 2.75) is 43.4 Å². The number of primary amides is 1. The summed E-state index contributed by atoms with van der Waals surface area (Å²) in [7, 11) is 6.43. The molecule has 236 valence electrons. The maximum Gasteiger partial charge on any atom is 0.407 e. The average Bonchev–Trinajstić information content (AvgIpc) is 3.42. The van der Waals surface area contributed by atoms with Crippen LogP contribution in [0.1, 0.15) is 30.4 Å². The number of anilines is 2. The van der Waals surface area contributed by atoms with Crippen molar-refractivity contribution in [1.82, 2.24) is 9.80 Å². The number of nitrogens with one attached hydrogen (secondary N) is 1. The summed E-state index contributed by atoms with van der Waals surface area (Å²) < 4.78 is 0. The molecule has 1 aromatic rings. The summed E-state index contributed by atoms with van der Waals surface area (Å²) >= 11 is 0. The van der Waals surface area contributed by atoms with E-state index in [-0.39, 0.29) is 42.6 Å². The van der Waals surface area contributed by atoms with E-state index < -0.39 is 81.8 Å². The Hall–Kier alpha value is -4.63. The Bertz CT molecular complexity index is 1580. The number of carboxylic acid groups (broad SMARTS) is 1. The molecular weight excluding hydrogens is 578 g/mol. The second-order valence-electron chi connectivity index (χ2n) is 12.1. The van der Waals surface area contributed by atoms with E-state index in [2.05, 4.69) is 5.32 Å². The zero-order chi connectivity index (χ0) is 32.6. The fourth-order valence-corrected chi connectivity index (χ4v) is 7.27. The minimum Gasteiger partial charge on any atom is -0.508 e. The third kappa shape index (κ3) is 4.29. The minimum atomic E-state index is -2.78. The van der Waals surface area contributed by atoms with Crippen LogP contribution in [0.5, 0.6) is 5.75 Å². The third-order valence-electron chi connectivity index (χ3n) is 9.24. The molecule has 1 saturated carbocycles. The number of aliphatic hydroxyl groups excluding tert-OH is 2. The van der Waals surface area contributed by atoms with Crippen LogP contribution in [0.25, 0.3) is 5.76 Å². The second kappa shape index (κ2) is 10.5. The fraction of sp³-hybridized carbons (Fsp3) is 0.483. The molecule has 15 nitrogen and oxygen atoms in total. The topological polar surface area (TPSA) is 234 Å². The van der Waals surface area contributed by atoms with Gasteiger partial charge >= 0.3 is 6.09 Å². The molecule has 0 aromatic heterocycles. The van der Waals surface area contributed by atoms with Crippen molar-refractivity contribution in [2.24, 2.45) is 17.6 Å². The van der Waals surface area contributed by atoms with Crippen LogP contribution in [0.2, 0.25) is 0 Å². The number of nitrogens with zero attached hydrogens (tertiary/aromatic N) is 3. The number of carbonyl (C=O) groups is 5. The lowest BCUT2D eigenvalue weighted by Crippen LogP contribution is -2.65. The van der Waals surface area contributed by atoms with E-state index in [0.717, 1.165) is 4.90 Å². The number of hydrogen-bond acceptors (Lipinski definition) is 11. The molecule has 15 heteroatoms. The quantitative estimate of drug-likeness (QED) is 0.173. The average molecular weight is 614 g/mol. The molecular formula is C29H35N5O10. The van der Waals surface area contributed by atoms with E-state index in [1.807, 2.05) is 0 Å². The highest BCUT2D eigenvalue weighted by atomic mass is 16.4. The minimum absolute atomic E-state index is 0.0649. The van der Waals surface area contributed by atoms with Crippen LogP contribution in [-0.4, -0.2) is 117 Å². The van der Waals surface area contributed by atoms with Gasteiger partial charge in [-0.2, -0.15) is 0 Å². The number of Topliss-reactive ketones (excluding diaryl/α,β-unsaturated/α-hetero) is 2. The lowest BCUT2D eigenvalue weighted by molar-refractivity contribution is -0.153. The van der Waals surface area contributed by atoms with Crippen LogP contribution in [0.4, 0.5) is 16.2 Å². The van der Waals surface area contributed by atoms with Gasteiger partial charge in [-0.3, -0.25) is 29.0 Å². The SMILES string of the molecule is CN(C)c1cc(NC(=O)C2CCCN2C(=O)O)c(O)c2c1C[C@H]1C[C@H]3[C@H](N(C)C)C(=O)C(C(N)=O)=C(O)[C@@]3(O)C(=O)C1=C2O. The van der Waals surface area contributed by atoms with Crippen molar-refractivity contribution < 1.29 is 49.5 Å². The van der Waals surface area contributed by atoms with E-state index in [9.17, 15) is 49.5 Å². The van der Waals surface area contributed by atoms with Gasteiger partial charge in [0.05, 0.1) is 17.3 Å². The number of likely N-dealkylation sites (N-methyl/N-ethyl adjacent to an activating group) is 1. The van der Waals surface area contributed by atoms with Gasteiger partial charge in [-0.1, -0.05) is 0 Å². The number of fused-ring (bicyclic) bond motifs is 3. The molecule has 3 aliphatic carbocycles. The highest BCUT2D eigenvalue weighted by molar-refractivity contribution is 6.24. The lowest BCUT2D eigenvalue weighted by atomic mass is 9.57. The molecule has 1 aliphatic heterocycles. The van der Waals surface area contributed by atoms with Gasteiger partial charge in [-0.05, 0) is 57.3 Å². The third-order valence-corrected chi connectivity index (χ3v) is 9.24. The Balaban J connectivity index is 1.66. The predicted octanol–water partition coefficient (Wildman–Crippen LogP) is 0.111. The maximum absolute atomic E-state index is 14.1. The molecule has 2 fully saturated rings. The number of phenolic OH excluding ortho intramolecular Hbond substituents is 1. The zero-order valence-electron chi connectivity index (χ0n) is 24.6. The lowest BCUT2D eigenvalue weighted by Gasteiger charge is -2.50. The van der Waals surface area contributed by atoms with E-state index in [1.54, 1.807) is 19.0 Å². The number of aromatic hydroxyl groups is 1. The molecule has 1 aromatic carbocycles. The Morgan fingerprint density at radius 2 is 1.77 bits per heavy atom. The van der Waals surface area contributed by atoms with Gasteiger partial charge in [0, 0.05) is 37.8 Å². The number of benzene rings is 1. The number of nitrogens with two attached hydrogens (primary N) is 1. The smallest absolute Gasteiger partial charge is 0.407 e. The summed E-state index contributed by atoms with van der Waals surface area (Å²) in [6.07, 6.45) is -0.507. The molecule has 0 spiro atoms. The van der Waals surface area contributed by atoms with Crippen LogP contribution < -0.4 is 16.0 Å². The van der Waals surface area contributed by atoms with E-state index in [4.69, 9.17) is 5.73 Å². The first kappa shape index (κ1) is 30.8. The molecule has 1 heterocycles. The first-order chi connectivity index (χ1) is 20.5. The molecule has 1 unspecified atom stereocenters. The monoisotopic (exact) mass is 613 g/mol. The van der Waals surface area contributed by atoms with Crippen LogP contribution in [0.3, 0.4) is 0 Å². The van der Waals surface area contributed by atoms with Crippen molar-refractivity contribution in [3.05, 3.63) is 34.1 Å². The number of phenols is 1. The van der Waals surface area contributed by atoms with Crippen molar-refractivity contribution in [3.8, 4) is 5.75 Å². The van der Waals surface area contributed by atoms with E-state index in [0.29, 0.717) is 17.7 Å². The maximum atomic E-state index is 14.1. The normalized spacial score (nSPS) is 28.1. The summed E-state index contributed by atoms with van der Waals surface area (Å²) in [6.45, 7) is 0.172. The van der Waals surface area contributed by atoms with Crippen molar-refractivity contribution in [2.75, 3.05) is 45.0 Å². The van der Waals surface area contributed by atoms with Crippen LogP contribution in [0.15, 0.2) is 23.0 Å². The van der Waals surface area contributed by atoms with E-state index >= 15 is 0 Å². The number of ketones is 2. The van der Waals surface area contributed by atoms with Gasteiger partial charge in [-0.15, -0.1) is 0 Å². The van der Waals surface area contributed by atoms with Crippen molar-refractivity contribution in [3.63, 3.8) is 0 Å². The second-order valence-corrected chi connectivity index (χ2v) is 12.1. The summed E-state index contributed by atoms with van der Waals surface area (Å²) in [5.41, 5.74) is 1.91. The van der Waals surface area contributed by atoms with Gasteiger partial charge in [-0.25, -0.2) is 4.79 Å². The molecule has 3 amide bonds. The van der Waals surface area contributed by atoms with Gasteiger partial charge in [0.2, 0.25) is 11.7 Å². The Morgan fingerprint density at radius 1 is 1.11 bits per heavy atom. The fourth-order valence-electron chi connectivity index (χ4n) is 7.27. The molecule has 0 radical (unpaired) electrons. The number of hydrogen-bond donors (Lipinski definition) is 7. The molecule has 5 atom stereocenters. The first-order valence-corrected chi connectivity index (χ1v) is 14.0. The van der Waals surface area contributed by atoms with Gasteiger partial charge < -0.3 is 41.5 Å². The standard InChI is InChI=1S/C29H35N5O10/c1-32(2)16-10-14(31-27(41)15-6-5-7-34(15)28(42)43)21(35)18-12(16)8-11-9-13-20(33(3)4)23(37)19(26(30)40)25(39)29(13,44)24(38)17(11)22(18)36/h10-11,13,15,20,35-36,39,44H,5-9H2,1-4H3,(H2,30,40)(H,31,41)(H,42,43)/t11-,13-,15?,20-,29-/m0/s1. The van der Waals surface area contributed by atoms with Crippen molar-refractivity contribution in [1.29, 1.82) is 0 Å². The Kier molecular flexibility index (Phi) is 7.37. The number of rotatable bonds is 5. The number of amides is 3. The van der Waals surface area contributed by atoms with Crippen molar-refractivity contribution >= 4 is 46.6 Å². The molecule has 0 bridgehead atoms. The molecule has 1 saturated heterocycles. The summed E-state index contributed by atoms with van der Waals surface area (Å²) in [5.74, 6) is -8.46. The van der Waals surface area contributed by atoms with Crippen LogP contribution in [0, 0.1) is 11.8 Å². The summed E-state index contributed by atoms with van der Waals surface area (Å²) in [5, 5.41) is 57.8. The van der Waals surface area contributed by atoms with Gasteiger partial charge in [0.15, 0.2) is 11.4 Å². The Morgan fingerprint density at radius 3 is 2.34 bits per heavy atom. The van der Waals surface area contributed by atoms with Crippen LogP contribution in [-0.2, 0) is 25.6 Å². The first-order valence-electron chi connectivity index (χ1n) is 14.0. The Labute approximate surface area is 251 Å². The number of aliphatic hydroxyl groups is 3. The number of carbonyl (C=O) groups excluding carboxylic acids is 4. The summed E-state index contributed by atoms with van der Waals surface area (Å²) in [6, 6.07) is -0.722. The van der Waals surface area contributed by atoms with Gasteiger partial charge in [0.1, 0.15) is 28.9 Å². The molecule has 8 N–H and O–H groups in total. The van der Waals surface area contributed by atoms with E-state index in [1.165, 1.54) is 25.1 Å². The molecule has 4 aliphatic rings. The predicted molar refractivity (Wildman–Crippen MR) is 155 cm³/mol. The summed E-state index contributed by atoms with van der Waals surface area (Å²) in [4.78, 5) is 68.3. The highest BCUT2D eigenvalue weighted by Gasteiger charge is 2.64. The largest absolute Gasteiger partial charge is 0.508 e. The molecule has 5 rings (SSSR count). The number of likely N-dealkylation sites (tertiary alicyclic amines) is 1.